The van der Waals surface area contributed by atoms with Crippen LogP contribution in [0.4, 0.5) is 11.9 Å². The van der Waals surface area contributed by atoms with Crippen LogP contribution in [0, 0.1) is 0 Å². The molecular formula is C17H26N6O. The van der Waals surface area contributed by atoms with Gasteiger partial charge in [0.15, 0.2) is 0 Å². The number of nitrogens with two attached hydrogens (primary N) is 1. The van der Waals surface area contributed by atoms with Crippen LogP contribution in [0.3, 0.4) is 0 Å². The molecule has 3 N–H and O–H groups in total. The molecule has 1 aromatic heterocycles. The lowest BCUT2D eigenvalue weighted by Gasteiger charge is -2.15. The standard InChI is InChI=1S/C17H26N6O/c1-22-17(20-16(18)21-22)19-8-5-11-24-15-7-4-6-14(12-15)13-23-9-2-3-10-23/h4,6-7,12H,2-3,5,8-11,13H2,1H3,(H3,18,19,20,21). The molecule has 2 aromatic rings. The Kier molecular flexibility index (Phi) is 5.53. The van der Waals surface area contributed by atoms with E-state index in [1.165, 1.54) is 31.5 Å². The minimum Gasteiger partial charge on any atom is -0.494 e. The molecule has 1 fully saturated rings. The largest absolute Gasteiger partial charge is 0.494 e. The highest BCUT2D eigenvalue weighted by Crippen LogP contribution is 2.17. The minimum absolute atomic E-state index is 0.283. The molecule has 7 heteroatoms. The number of nitrogens with one attached hydrogen (secondary N) is 1. The van der Waals surface area contributed by atoms with Gasteiger partial charge < -0.3 is 15.8 Å². The summed E-state index contributed by atoms with van der Waals surface area (Å²) in [6.07, 6.45) is 3.52. The number of hydrogen-bond acceptors (Lipinski definition) is 6. The minimum atomic E-state index is 0.283. The molecule has 1 saturated heterocycles. The van der Waals surface area contributed by atoms with Gasteiger partial charge in [0, 0.05) is 20.1 Å². The van der Waals surface area contributed by atoms with Crippen LogP contribution < -0.4 is 15.8 Å². The molecule has 7 nitrogen and oxygen atoms in total. The van der Waals surface area contributed by atoms with Gasteiger partial charge in [0.1, 0.15) is 5.75 Å². The third kappa shape index (κ3) is 4.61. The number of nitrogens with zero attached hydrogens (tertiary/aromatic N) is 4. The molecule has 0 spiro atoms. The van der Waals surface area contributed by atoms with Crippen molar-refractivity contribution in [2.45, 2.75) is 25.8 Å². The van der Waals surface area contributed by atoms with Crippen LogP contribution in [0.5, 0.6) is 5.75 Å². The van der Waals surface area contributed by atoms with Crippen LogP contribution in [0.1, 0.15) is 24.8 Å². The lowest BCUT2D eigenvalue weighted by Crippen LogP contribution is -2.18. The Morgan fingerprint density at radius 3 is 2.88 bits per heavy atom. The lowest BCUT2D eigenvalue weighted by atomic mass is 10.2. The molecule has 24 heavy (non-hydrogen) atoms. The second kappa shape index (κ2) is 8.01. The van der Waals surface area contributed by atoms with Gasteiger partial charge in [0.05, 0.1) is 6.61 Å². The summed E-state index contributed by atoms with van der Waals surface area (Å²) in [6, 6.07) is 8.41. The molecule has 0 saturated carbocycles. The molecule has 0 atom stereocenters. The van der Waals surface area contributed by atoms with E-state index >= 15 is 0 Å². The van der Waals surface area contributed by atoms with Gasteiger partial charge in [-0.25, -0.2) is 4.68 Å². The Balaban J connectivity index is 1.39. The monoisotopic (exact) mass is 330 g/mol. The molecule has 1 aliphatic rings. The summed E-state index contributed by atoms with van der Waals surface area (Å²) < 4.78 is 7.50. The number of anilines is 2. The summed E-state index contributed by atoms with van der Waals surface area (Å²) in [7, 11) is 1.81. The molecule has 0 amide bonds. The third-order valence-corrected chi connectivity index (χ3v) is 4.16. The van der Waals surface area contributed by atoms with Gasteiger partial charge in [-0.05, 0) is 50.0 Å². The first-order valence-corrected chi connectivity index (χ1v) is 8.55. The normalized spacial score (nSPS) is 14.9. The molecular weight excluding hydrogens is 304 g/mol. The van der Waals surface area contributed by atoms with Crippen molar-refractivity contribution in [3.63, 3.8) is 0 Å². The van der Waals surface area contributed by atoms with Crippen molar-refractivity contribution in [2.75, 3.05) is 37.3 Å². The van der Waals surface area contributed by atoms with E-state index in [-0.39, 0.29) is 5.95 Å². The first-order chi connectivity index (χ1) is 11.7. The average molecular weight is 330 g/mol. The fourth-order valence-electron chi connectivity index (χ4n) is 2.95. The van der Waals surface area contributed by atoms with E-state index in [9.17, 15) is 0 Å². The van der Waals surface area contributed by atoms with E-state index in [4.69, 9.17) is 10.5 Å². The Morgan fingerprint density at radius 1 is 1.29 bits per heavy atom. The number of likely N-dealkylation sites (tertiary alicyclic amines) is 1. The molecule has 0 radical (unpaired) electrons. The van der Waals surface area contributed by atoms with E-state index in [0.29, 0.717) is 12.6 Å². The highest BCUT2D eigenvalue weighted by atomic mass is 16.5. The topological polar surface area (TPSA) is 81.2 Å². The van der Waals surface area contributed by atoms with Crippen molar-refractivity contribution in [1.82, 2.24) is 19.7 Å². The molecule has 1 aliphatic heterocycles. The van der Waals surface area contributed by atoms with Crippen LogP contribution in [-0.4, -0.2) is 45.9 Å². The highest BCUT2D eigenvalue weighted by molar-refractivity contribution is 5.31. The summed E-state index contributed by atoms with van der Waals surface area (Å²) in [6.45, 7) is 4.87. The molecule has 0 unspecified atom stereocenters. The maximum absolute atomic E-state index is 5.86. The summed E-state index contributed by atoms with van der Waals surface area (Å²) >= 11 is 0. The maximum atomic E-state index is 5.86. The third-order valence-electron chi connectivity index (χ3n) is 4.16. The van der Waals surface area contributed by atoms with Crippen LogP contribution in [0.2, 0.25) is 0 Å². The smallest absolute Gasteiger partial charge is 0.241 e. The Hall–Kier alpha value is -2.28. The van der Waals surface area contributed by atoms with Gasteiger partial charge in [-0.3, -0.25) is 4.90 Å². The molecule has 0 bridgehead atoms. The maximum Gasteiger partial charge on any atom is 0.241 e. The second-order valence-corrected chi connectivity index (χ2v) is 6.18. The first-order valence-electron chi connectivity index (χ1n) is 8.55. The SMILES string of the molecule is Cn1nc(N)nc1NCCCOc1cccc(CN2CCCC2)c1. The van der Waals surface area contributed by atoms with Crippen LogP contribution in [-0.2, 0) is 13.6 Å². The van der Waals surface area contributed by atoms with Crippen molar-refractivity contribution >= 4 is 11.9 Å². The van der Waals surface area contributed by atoms with E-state index in [2.05, 4.69) is 38.5 Å². The van der Waals surface area contributed by atoms with Gasteiger partial charge >= 0.3 is 0 Å². The fraction of sp³-hybridized carbons (Fsp3) is 0.529. The first kappa shape index (κ1) is 16.6. The van der Waals surface area contributed by atoms with Crippen molar-refractivity contribution in [3.05, 3.63) is 29.8 Å². The van der Waals surface area contributed by atoms with E-state index < -0.39 is 0 Å². The number of nitrogen functional groups attached to an aromatic ring is 1. The number of benzene rings is 1. The summed E-state index contributed by atoms with van der Waals surface area (Å²) in [5.74, 6) is 1.90. The zero-order chi connectivity index (χ0) is 16.8. The van der Waals surface area contributed by atoms with E-state index in [0.717, 1.165) is 25.3 Å². The average Bonchev–Trinajstić information content (AvgIpc) is 3.17. The Morgan fingerprint density at radius 2 is 2.12 bits per heavy atom. The molecule has 2 heterocycles. The second-order valence-electron chi connectivity index (χ2n) is 6.18. The van der Waals surface area contributed by atoms with Crippen molar-refractivity contribution in [2.24, 2.45) is 7.05 Å². The molecule has 1 aromatic carbocycles. The zero-order valence-corrected chi connectivity index (χ0v) is 14.2. The summed E-state index contributed by atoms with van der Waals surface area (Å²) in [4.78, 5) is 6.60. The number of hydrogen-bond donors (Lipinski definition) is 2. The number of ether oxygens (including phenoxy) is 1. The summed E-state index contributed by atoms with van der Waals surface area (Å²) in [5.41, 5.74) is 6.87. The predicted molar refractivity (Wildman–Crippen MR) is 95.0 cm³/mol. The predicted octanol–water partition coefficient (Wildman–Crippen LogP) is 1.87. The number of aryl methyl sites for hydroxylation is 1. The van der Waals surface area contributed by atoms with Crippen molar-refractivity contribution in [1.29, 1.82) is 0 Å². The number of aromatic nitrogens is 3. The number of rotatable bonds is 8. The van der Waals surface area contributed by atoms with E-state index in [1.54, 1.807) is 4.68 Å². The van der Waals surface area contributed by atoms with E-state index in [1.807, 2.05) is 13.1 Å². The molecule has 3 rings (SSSR count). The van der Waals surface area contributed by atoms with Gasteiger partial charge in [0.25, 0.3) is 0 Å². The lowest BCUT2D eigenvalue weighted by molar-refractivity contribution is 0.310. The summed E-state index contributed by atoms with van der Waals surface area (Å²) in [5, 5.41) is 7.20. The van der Waals surface area contributed by atoms with Crippen LogP contribution in [0.25, 0.3) is 0 Å². The zero-order valence-electron chi connectivity index (χ0n) is 14.2. The van der Waals surface area contributed by atoms with Gasteiger partial charge in [-0.2, -0.15) is 4.98 Å². The molecule has 130 valence electrons. The molecule has 0 aliphatic carbocycles. The van der Waals surface area contributed by atoms with Gasteiger partial charge in [-0.1, -0.05) is 12.1 Å². The van der Waals surface area contributed by atoms with Gasteiger partial charge in [0.2, 0.25) is 11.9 Å². The van der Waals surface area contributed by atoms with Crippen molar-refractivity contribution < 1.29 is 4.74 Å². The quantitative estimate of drug-likeness (QED) is 0.719. The Labute approximate surface area is 142 Å². The van der Waals surface area contributed by atoms with Gasteiger partial charge in [-0.15, -0.1) is 5.10 Å². The van der Waals surface area contributed by atoms with Crippen LogP contribution in [0.15, 0.2) is 24.3 Å². The fourth-order valence-corrected chi connectivity index (χ4v) is 2.95. The Bertz CT molecular complexity index is 650. The van der Waals surface area contributed by atoms with Crippen LogP contribution >= 0.6 is 0 Å². The highest BCUT2D eigenvalue weighted by Gasteiger charge is 2.11. The van der Waals surface area contributed by atoms with Crippen molar-refractivity contribution in [3.8, 4) is 5.75 Å².